The number of phenolic OH excluding ortho intramolecular Hbond substituents is 1. The van der Waals surface area contributed by atoms with Gasteiger partial charge in [-0.2, -0.15) is 0 Å². The summed E-state index contributed by atoms with van der Waals surface area (Å²) in [5.41, 5.74) is 1.63. The number of phenols is 1. The second kappa shape index (κ2) is 2.25. The molecular formula is C10H10N2O. The summed E-state index contributed by atoms with van der Waals surface area (Å²) in [5.74, 6) is 1.89. The van der Waals surface area contributed by atoms with Crippen molar-refractivity contribution in [2.75, 3.05) is 0 Å². The molecule has 1 saturated carbocycles. The van der Waals surface area contributed by atoms with Crippen LogP contribution in [0.2, 0.25) is 0 Å². The Kier molecular flexibility index (Phi) is 1.20. The Bertz CT molecular complexity index is 457. The molecule has 13 heavy (non-hydrogen) atoms. The molecule has 0 aliphatic heterocycles. The Morgan fingerprint density at radius 2 is 2.23 bits per heavy atom. The molecule has 0 bridgehead atoms. The van der Waals surface area contributed by atoms with E-state index in [2.05, 4.69) is 9.97 Å². The first kappa shape index (κ1) is 6.95. The van der Waals surface area contributed by atoms with Gasteiger partial charge in [-0.3, -0.25) is 0 Å². The number of nitrogens with zero attached hydrogens (tertiary/aromatic N) is 1. The van der Waals surface area contributed by atoms with Crippen LogP contribution in [-0.4, -0.2) is 15.1 Å². The Morgan fingerprint density at radius 3 is 2.92 bits per heavy atom. The van der Waals surface area contributed by atoms with Gasteiger partial charge in [0.05, 0.1) is 5.52 Å². The minimum absolute atomic E-state index is 0.264. The van der Waals surface area contributed by atoms with Crippen LogP contribution in [0.4, 0.5) is 0 Å². The predicted octanol–water partition coefficient (Wildman–Crippen LogP) is 2.15. The number of benzene rings is 1. The van der Waals surface area contributed by atoms with Crippen LogP contribution in [0.3, 0.4) is 0 Å². The molecule has 1 aromatic heterocycles. The molecule has 3 heteroatoms. The number of fused-ring (bicyclic) bond motifs is 1. The van der Waals surface area contributed by atoms with E-state index in [1.54, 1.807) is 6.07 Å². The third-order valence-electron chi connectivity index (χ3n) is 2.47. The molecule has 3 nitrogen and oxygen atoms in total. The SMILES string of the molecule is Oc1cccc2[nH]c(C3CC3)nc12. The zero-order chi connectivity index (χ0) is 8.84. The molecular weight excluding hydrogens is 164 g/mol. The number of aromatic amines is 1. The van der Waals surface area contributed by atoms with Gasteiger partial charge in [-0.05, 0) is 25.0 Å². The topological polar surface area (TPSA) is 48.9 Å². The molecule has 0 unspecified atom stereocenters. The summed E-state index contributed by atoms with van der Waals surface area (Å²) < 4.78 is 0. The molecule has 3 rings (SSSR count). The van der Waals surface area contributed by atoms with Gasteiger partial charge in [0.25, 0.3) is 0 Å². The van der Waals surface area contributed by atoms with Crippen LogP contribution in [-0.2, 0) is 0 Å². The van der Waals surface area contributed by atoms with Crippen molar-refractivity contribution < 1.29 is 5.11 Å². The fourth-order valence-electron chi connectivity index (χ4n) is 1.59. The highest BCUT2D eigenvalue weighted by Crippen LogP contribution is 2.39. The molecule has 2 aromatic rings. The van der Waals surface area contributed by atoms with Gasteiger partial charge in [-0.1, -0.05) is 6.07 Å². The number of hydrogen-bond donors (Lipinski definition) is 2. The highest BCUT2D eigenvalue weighted by atomic mass is 16.3. The van der Waals surface area contributed by atoms with Gasteiger partial charge in [-0.25, -0.2) is 4.98 Å². The summed E-state index contributed by atoms with van der Waals surface area (Å²) >= 11 is 0. The molecule has 2 N–H and O–H groups in total. The molecule has 1 aliphatic carbocycles. The summed E-state index contributed by atoms with van der Waals surface area (Å²) in [6.45, 7) is 0. The van der Waals surface area contributed by atoms with Crippen LogP contribution in [0.1, 0.15) is 24.6 Å². The van der Waals surface area contributed by atoms with Gasteiger partial charge < -0.3 is 10.1 Å². The summed E-state index contributed by atoms with van der Waals surface area (Å²) in [6, 6.07) is 5.43. The lowest BCUT2D eigenvalue weighted by atomic mass is 10.3. The van der Waals surface area contributed by atoms with Gasteiger partial charge in [-0.15, -0.1) is 0 Å². The average molecular weight is 174 g/mol. The molecule has 0 saturated heterocycles. The third-order valence-corrected chi connectivity index (χ3v) is 2.47. The first-order valence-electron chi connectivity index (χ1n) is 4.52. The number of nitrogens with one attached hydrogen (secondary N) is 1. The highest BCUT2D eigenvalue weighted by Gasteiger charge is 2.26. The van der Waals surface area contributed by atoms with Gasteiger partial charge in [0.2, 0.25) is 0 Å². The fraction of sp³-hybridized carbons (Fsp3) is 0.300. The first-order chi connectivity index (χ1) is 6.34. The molecule has 0 spiro atoms. The van der Waals surface area contributed by atoms with E-state index in [1.165, 1.54) is 12.8 Å². The molecule has 0 atom stereocenters. The van der Waals surface area contributed by atoms with Gasteiger partial charge in [0, 0.05) is 5.92 Å². The van der Waals surface area contributed by atoms with Gasteiger partial charge in [0.1, 0.15) is 17.1 Å². The van der Waals surface area contributed by atoms with Gasteiger partial charge >= 0.3 is 0 Å². The molecule has 1 aromatic carbocycles. The molecule has 1 heterocycles. The van der Waals surface area contributed by atoms with Crippen LogP contribution in [0.25, 0.3) is 11.0 Å². The van der Waals surface area contributed by atoms with Crippen molar-refractivity contribution in [2.45, 2.75) is 18.8 Å². The summed E-state index contributed by atoms with van der Waals surface area (Å²) in [6.07, 6.45) is 2.45. The summed E-state index contributed by atoms with van der Waals surface area (Å²) in [7, 11) is 0. The Balaban J connectivity index is 2.26. The quantitative estimate of drug-likeness (QED) is 0.695. The molecule has 0 radical (unpaired) electrons. The lowest BCUT2D eigenvalue weighted by molar-refractivity contribution is 0.480. The third kappa shape index (κ3) is 1.00. The molecule has 1 fully saturated rings. The lowest BCUT2D eigenvalue weighted by Crippen LogP contribution is -1.79. The van der Waals surface area contributed by atoms with Crippen molar-refractivity contribution in [1.29, 1.82) is 0 Å². The normalized spacial score (nSPS) is 16.6. The number of hydrogen-bond acceptors (Lipinski definition) is 2. The van der Waals surface area contributed by atoms with Crippen molar-refractivity contribution in [3.63, 3.8) is 0 Å². The maximum atomic E-state index is 9.50. The number of rotatable bonds is 1. The van der Waals surface area contributed by atoms with E-state index >= 15 is 0 Å². The van der Waals surface area contributed by atoms with Crippen molar-refractivity contribution in [3.05, 3.63) is 24.0 Å². The molecule has 1 aliphatic rings. The minimum atomic E-state index is 0.264. The van der Waals surface area contributed by atoms with E-state index in [4.69, 9.17) is 0 Å². The lowest BCUT2D eigenvalue weighted by Gasteiger charge is -1.89. The number of aromatic nitrogens is 2. The maximum absolute atomic E-state index is 9.50. The van der Waals surface area contributed by atoms with Crippen molar-refractivity contribution >= 4 is 11.0 Å². The van der Waals surface area contributed by atoms with E-state index in [1.807, 2.05) is 12.1 Å². The summed E-state index contributed by atoms with van der Waals surface area (Å²) in [4.78, 5) is 7.60. The largest absolute Gasteiger partial charge is 0.506 e. The second-order valence-corrected chi connectivity index (χ2v) is 3.57. The van der Waals surface area contributed by atoms with Crippen LogP contribution in [0, 0.1) is 0 Å². The first-order valence-corrected chi connectivity index (χ1v) is 4.52. The van der Waals surface area contributed by atoms with Crippen LogP contribution < -0.4 is 0 Å². The highest BCUT2D eigenvalue weighted by molar-refractivity contribution is 5.81. The monoisotopic (exact) mass is 174 g/mol. The van der Waals surface area contributed by atoms with Crippen molar-refractivity contribution in [2.24, 2.45) is 0 Å². The van der Waals surface area contributed by atoms with E-state index in [0.29, 0.717) is 11.4 Å². The second-order valence-electron chi connectivity index (χ2n) is 3.57. The minimum Gasteiger partial charge on any atom is -0.506 e. The van der Waals surface area contributed by atoms with Crippen LogP contribution in [0.5, 0.6) is 5.75 Å². The van der Waals surface area contributed by atoms with Crippen molar-refractivity contribution in [1.82, 2.24) is 9.97 Å². The number of para-hydroxylation sites is 1. The maximum Gasteiger partial charge on any atom is 0.143 e. The number of imidazole rings is 1. The standard InChI is InChI=1S/C10H10N2O/c13-8-3-1-2-7-9(8)12-10(11-7)6-4-5-6/h1-3,6,13H,4-5H2,(H,11,12). The van der Waals surface area contributed by atoms with Crippen LogP contribution in [0.15, 0.2) is 18.2 Å². The zero-order valence-corrected chi connectivity index (χ0v) is 7.12. The Morgan fingerprint density at radius 1 is 1.38 bits per heavy atom. The summed E-state index contributed by atoms with van der Waals surface area (Å²) in [5, 5.41) is 9.50. The average Bonchev–Trinajstić information content (AvgIpc) is 2.87. The predicted molar refractivity (Wildman–Crippen MR) is 49.7 cm³/mol. The van der Waals surface area contributed by atoms with E-state index in [-0.39, 0.29) is 5.75 Å². The van der Waals surface area contributed by atoms with Crippen molar-refractivity contribution in [3.8, 4) is 5.75 Å². The van der Waals surface area contributed by atoms with E-state index < -0.39 is 0 Å². The Labute approximate surface area is 75.4 Å². The van der Waals surface area contributed by atoms with E-state index in [9.17, 15) is 5.11 Å². The fourth-order valence-corrected chi connectivity index (χ4v) is 1.59. The molecule has 0 amide bonds. The number of H-pyrrole nitrogens is 1. The zero-order valence-electron chi connectivity index (χ0n) is 7.12. The smallest absolute Gasteiger partial charge is 0.143 e. The van der Waals surface area contributed by atoms with Gasteiger partial charge in [0.15, 0.2) is 0 Å². The molecule has 66 valence electrons. The van der Waals surface area contributed by atoms with E-state index in [0.717, 1.165) is 11.3 Å². The number of aromatic hydroxyl groups is 1. The van der Waals surface area contributed by atoms with Crippen LogP contribution >= 0.6 is 0 Å². The Hall–Kier alpha value is -1.51.